The molecule has 2 heterocycles. The van der Waals surface area contributed by atoms with Gasteiger partial charge in [-0.05, 0) is 42.0 Å². The van der Waals surface area contributed by atoms with Crippen LogP contribution in [0.1, 0.15) is 21.5 Å². The van der Waals surface area contributed by atoms with Gasteiger partial charge in [-0.2, -0.15) is 12.8 Å². The smallest absolute Gasteiger partial charge is 0.240 e. The van der Waals surface area contributed by atoms with Gasteiger partial charge in [0.25, 0.3) is 10.0 Å². The minimum atomic E-state index is -3.99. The SMILES string of the molecule is O=S(=O)(/N=C(/c1ccccc1)C(c1nc2ccccc2s1)c1nc2ccccc2s1)c1ccccc1. The molecule has 0 N–H and O–H groups in total. The van der Waals surface area contributed by atoms with Crippen molar-refractivity contribution < 1.29 is 8.42 Å². The molecule has 0 spiro atoms. The van der Waals surface area contributed by atoms with Crippen LogP contribution in [0.15, 0.2) is 118 Å². The number of thiazole rings is 2. The molecule has 4 aromatic carbocycles. The number of aromatic nitrogens is 2. The third kappa shape index (κ3) is 4.35. The molecule has 0 bridgehead atoms. The molecule has 36 heavy (non-hydrogen) atoms. The van der Waals surface area contributed by atoms with Gasteiger partial charge in [0.2, 0.25) is 0 Å². The van der Waals surface area contributed by atoms with Crippen molar-refractivity contribution in [2.24, 2.45) is 4.40 Å². The summed E-state index contributed by atoms with van der Waals surface area (Å²) in [6, 6.07) is 33.5. The highest BCUT2D eigenvalue weighted by Gasteiger charge is 2.31. The Bertz CT molecular complexity index is 1670. The highest BCUT2D eigenvalue weighted by atomic mass is 32.2. The summed E-state index contributed by atoms with van der Waals surface area (Å²) in [5.41, 5.74) is 2.84. The predicted octanol–water partition coefficient (Wildman–Crippen LogP) is 6.92. The van der Waals surface area contributed by atoms with E-state index in [1.165, 1.54) is 22.7 Å². The molecule has 0 saturated heterocycles. The zero-order valence-electron chi connectivity index (χ0n) is 18.9. The molecule has 6 aromatic rings. The van der Waals surface area contributed by atoms with E-state index in [1.807, 2.05) is 78.9 Å². The average Bonchev–Trinajstić information content (AvgIpc) is 3.53. The quantitative estimate of drug-likeness (QED) is 0.221. The van der Waals surface area contributed by atoms with E-state index >= 15 is 0 Å². The number of rotatable bonds is 6. The van der Waals surface area contributed by atoms with Crippen LogP contribution in [0, 0.1) is 0 Å². The number of para-hydroxylation sites is 2. The van der Waals surface area contributed by atoms with Crippen molar-refractivity contribution in [3.63, 3.8) is 0 Å². The number of hydrogen-bond acceptors (Lipinski definition) is 6. The van der Waals surface area contributed by atoms with Gasteiger partial charge in [-0.1, -0.05) is 72.8 Å². The zero-order valence-corrected chi connectivity index (χ0v) is 21.3. The highest BCUT2D eigenvalue weighted by Crippen LogP contribution is 2.38. The Morgan fingerprint density at radius 3 is 1.64 bits per heavy atom. The van der Waals surface area contributed by atoms with Crippen LogP contribution in [0.2, 0.25) is 0 Å². The third-order valence-electron chi connectivity index (χ3n) is 5.72. The summed E-state index contributed by atoms with van der Waals surface area (Å²) in [5, 5.41) is 1.50. The Labute approximate surface area is 216 Å². The maximum Gasteiger partial charge on any atom is 0.282 e. The second kappa shape index (κ2) is 9.39. The van der Waals surface area contributed by atoms with Crippen LogP contribution < -0.4 is 0 Å². The van der Waals surface area contributed by atoms with Crippen molar-refractivity contribution >= 4 is 58.8 Å². The van der Waals surface area contributed by atoms with Gasteiger partial charge in [0.05, 0.1) is 31.0 Å². The van der Waals surface area contributed by atoms with E-state index in [4.69, 9.17) is 9.97 Å². The lowest BCUT2D eigenvalue weighted by molar-refractivity contribution is 0.598. The number of fused-ring (bicyclic) bond motifs is 2. The van der Waals surface area contributed by atoms with E-state index in [0.717, 1.165) is 30.4 Å². The molecule has 176 valence electrons. The average molecular weight is 526 g/mol. The fourth-order valence-corrected chi connectivity index (χ4v) is 7.32. The lowest BCUT2D eigenvalue weighted by Gasteiger charge is -2.16. The molecule has 0 unspecified atom stereocenters. The molecule has 2 aromatic heterocycles. The summed E-state index contributed by atoms with van der Waals surface area (Å²) in [6.45, 7) is 0. The molecule has 0 atom stereocenters. The van der Waals surface area contributed by atoms with Gasteiger partial charge < -0.3 is 0 Å². The van der Waals surface area contributed by atoms with Crippen LogP contribution in [0.4, 0.5) is 0 Å². The Kier molecular flexibility index (Phi) is 5.92. The summed E-state index contributed by atoms with van der Waals surface area (Å²) >= 11 is 3.07. The molecule has 0 aliphatic heterocycles. The first-order valence-electron chi connectivity index (χ1n) is 11.2. The topological polar surface area (TPSA) is 72.3 Å². The Hall–Kier alpha value is -3.72. The van der Waals surface area contributed by atoms with Gasteiger partial charge in [-0.25, -0.2) is 9.97 Å². The van der Waals surface area contributed by atoms with Crippen molar-refractivity contribution in [3.8, 4) is 0 Å². The zero-order chi connectivity index (χ0) is 24.5. The molecule has 8 heteroatoms. The van der Waals surface area contributed by atoms with E-state index in [0.29, 0.717) is 11.3 Å². The minimum absolute atomic E-state index is 0.144. The number of sulfonamides is 1. The fraction of sp³-hybridized carbons (Fsp3) is 0.0357. The Morgan fingerprint density at radius 1 is 0.639 bits per heavy atom. The maximum atomic E-state index is 13.5. The molecule has 0 saturated carbocycles. The number of benzene rings is 4. The predicted molar refractivity (Wildman–Crippen MR) is 148 cm³/mol. The van der Waals surface area contributed by atoms with E-state index in [-0.39, 0.29) is 4.90 Å². The van der Waals surface area contributed by atoms with E-state index < -0.39 is 15.9 Å². The van der Waals surface area contributed by atoms with Crippen molar-refractivity contribution in [2.75, 3.05) is 0 Å². The summed E-state index contributed by atoms with van der Waals surface area (Å²) in [4.78, 5) is 9.98. The number of hydrogen-bond donors (Lipinski definition) is 0. The van der Waals surface area contributed by atoms with Crippen LogP contribution in [-0.4, -0.2) is 24.1 Å². The summed E-state index contributed by atoms with van der Waals surface area (Å²) in [6.07, 6.45) is 0. The molecule has 0 aliphatic carbocycles. The van der Waals surface area contributed by atoms with Crippen molar-refractivity contribution in [3.05, 3.63) is 125 Å². The van der Waals surface area contributed by atoms with Gasteiger partial charge >= 0.3 is 0 Å². The van der Waals surface area contributed by atoms with Crippen LogP contribution in [0.3, 0.4) is 0 Å². The third-order valence-corrected chi connectivity index (χ3v) is 9.22. The van der Waals surface area contributed by atoms with E-state index in [2.05, 4.69) is 4.40 Å². The molecular formula is C28H19N3O2S3. The van der Waals surface area contributed by atoms with Crippen LogP contribution >= 0.6 is 22.7 Å². The first kappa shape index (κ1) is 22.7. The van der Waals surface area contributed by atoms with Gasteiger partial charge in [-0.15, -0.1) is 22.7 Å². The standard InChI is InChI=1S/C28H19N3O2S3/c32-36(33,20-13-5-2-6-14-20)31-26(19-11-3-1-4-12-19)25(27-29-21-15-7-9-17-23(21)34-27)28-30-22-16-8-10-18-24(22)35-28/h1-18,25H/b31-26-. The van der Waals surface area contributed by atoms with Crippen LogP contribution in [0.25, 0.3) is 20.4 Å². The fourth-order valence-electron chi connectivity index (χ4n) is 4.02. The van der Waals surface area contributed by atoms with Crippen molar-refractivity contribution in [2.45, 2.75) is 10.8 Å². The molecule has 0 aliphatic rings. The number of nitrogens with zero attached hydrogens (tertiary/aromatic N) is 3. The molecule has 0 radical (unpaired) electrons. The first-order chi connectivity index (χ1) is 17.6. The van der Waals surface area contributed by atoms with Crippen molar-refractivity contribution in [1.29, 1.82) is 0 Å². The Balaban J connectivity index is 1.63. The summed E-state index contributed by atoms with van der Waals surface area (Å²) < 4.78 is 33.5. The lowest BCUT2D eigenvalue weighted by atomic mass is 9.97. The second-order valence-corrected chi connectivity index (χ2v) is 11.8. The van der Waals surface area contributed by atoms with Crippen molar-refractivity contribution in [1.82, 2.24) is 9.97 Å². The van der Waals surface area contributed by atoms with Gasteiger partial charge in [0.15, 0.2) is 0 Å². The molecule has 5 nitrogen and oxygen atoms in total. The first-order valence-corrected chi connectivity index (χ1v) is 14.3. The van der Waals surface area contributed by atoms with Gasteiger partial charge in [-0.3, -0.25) is 0 Å². The summed E-state index contributed by atoms with van der Waals surface area (Å²) in [7, 11) is -3.99. The molecule has 0 amide bonds. The molecule has 6 rings (SSSR count). The van der Waals surface area contributed by atoms with Gasteiger partial charge in [0.1, 0.15) is 15.9 Å². The monoisotopic (exact) mass is 525 g/mol. The lowest BCUT2D eigenvalue weighted by Crippen LogP contribution is -2.18. The van der Waals surface area contributed by atoms with Gasteiger partial charge in [0, 0.05) is 0 Å². The van der Waals surface area contributed by atoms with E-state index in [9.17, 15) is 8.42 Å². The second-order valence-electron chi connectivity index (χ2n) is 8.10. The van der Waals surface area contributed by atoms with E-state index in [1.54, 1.807) is 30.3 Å². The normalized spacial score (nSPS) is 12.5. The summed E-state index contributed by atoms with van der Waals surface area (Å²) in [5.74, 6) is -0.555. The minimum Gasteiger partial charge on any atom is -0.240 e. The van der Waals surface area contributed by atoms with Crippen LogP contribution in [-0.2, 0) is 10.0 Å². The highest BCUT2D eigenvalue weighted by molar-refractivity contribution is 7.90. The molecular weight excluding hydrogens is 507 g/mol. The Morgan fingerprint density at radius 2 is 1.11 bits per heavy atom. The largest absolute Gasteiger partial charge is 0.282 e. The van der Waals surface area contributed by atoms with Crippen LogP contribution in [0.5, 0.6) is 0 Å². The maximum absolute atomic E-state index is 13.5. The molecule has 0 fully saturated rings.